The molecular formula is C81H142O16P2. The molecule has 0 aromatic rings. The first kappa shape index (κ1) is 95.2. The van der Waals surface area contributed by atoms with Crippen molar-refractivity contribution >= 4 is 33.6 Å². The number of phosphoric ester groups is 2. The number of unbranched alkanes of at least 4 members (excludes halogenated alkanes) is 33. The van der Waals surface area contributed by atoms with E-state index in [-0.39, 0.29) is 19.3 Å². The maximum absolute atomic E-state index is 12.9. The number of phosphoric acid groups is 2. The van der Waals surface area contributed by atoms with Crippen LogP contribution in [0.5, 0.6) is 0 Å². The molecular weight excluding hydrogens is 1290 g/mol. The lowest BCUT2D eigenvalue weighted by molar-refractivity contribution is -0.161. The third kappa shape index (κ3) is 75.2. The van der Waals surface area contributed by atoms with Gasteiger partial charge in [0.1, 0.15) is 25.4 Å². The molecule has 0 aliphatic carbocycles. The highest BCUT2D eigenvalue weighted by atomic mass is 31.2. The van der Waals surface area contributed by atoms with Crippen molar-refractivity contribution in [2.45, 2.75) is 347 Å². The number of esters is 3. The number of hydrogen-bond donors (Lipinski definition) is 4. The topological polar surface area (TPSA) is 231 Å². The third-order valence-electron chi connectivity index (χ3n) is 16.5. The number of rotatable bonds is 74. The summed E-state index contributed by atoms with van der Waals surface area (Å²) in [5, 5.41) is 20.6. The molecule has 572 valence electrons. The van der Waals surface area contributed by atoms with Crippen LogP contribution in [0.25, 0.3) is 0 Å². The van der Waals surface area contributed by atoms with E-state index in [1.807, 2.05) is 0 Å². The van der Waals surface area contributed by atoms with Gasteiger partial charge in [0.25, 0.3) is 0 Å². The number of aliphatic hydroxyl groups is 2. The average Bonchev–Trinajstić information content (AvgIpc) is 1.36. The number of aliphatic hydroxyl groups excluding tert-OH is 2. The minimum absolute atomic E-state index is 0.103. The van der Waals surface area contributed by atoms with Gasteiger partial charge in [-0.25, -0.2) is 9.13 Å². The Labute approximate surface area is 602 Å². The molecule has 0 rings (SSSR count). The largest absolute Gasteiger partial charge is 0.472 e. The van der Waals surface area contributed by atoms with Crippen molar-refractivity contribution in [2.24, 2.45) is 0 Å². The summed E-state index contributed by atoms with van der Waals surface area (Å²) in [6.45, 7) is 2.54. The van der Waals surface area contributed by atoms with E-state index in [9.17, 15) is 43.5 Å². The molecule has 16 nitrogen and oxygen atoms in total. The molecule has 5 atom stereocenters. The summed E-state index contributed by atoms with van der Waals surface area (Å²) in [6, 6.07) is 0. The van der Waals surface area contributed by atoms with Crippen molar-refractivity contribution in [3.8, 4) is 0 Å². The predicted molar refractivity (Wildman–Crippen MR) is 408 cm³/mol. The van der Waals surface area contributed by atoms with Gasteiger partial charge in [0.15, 0.2) is 6.10 Å². The first-order chi connectivity index (χ1) is 48.2. The van der Waals surface area contributed by atoms with Gasteiger partial charge in [-0.2, -0.15) is 0 Å². The standard InChI is InChI=1S/C81H142O16P2/c1-4-7-10-13-16-19-22-25-27-29-31-33-34-35-36-37-38-39-40-42-44-45-47-50-52-55-58-61-64-67-79(84)91-70-76(82)71-93-98(87,88)94-72-77(83)73-95-99(89,90)96-75-78(97-81(86)69-66-63-60-57-54-49-24-21-18-15-12-9-6-3)74-92-80(85)68-65-62-59-56-53-51-48-46-43-41-32-30-28-26-23-20-17-14-11-8-5-2/h7,10,16-17,19-20,25-28,31-33,35-36,41,46,48,76-78,82-83H,4-6,8-9,11-15,18,21-24,29-30,34,37-40,42-45,47,49-75H2,1-3H3,(H,87,88)(H,89,90)/b10-7-,19-16-,20-17-,27-25-,28-26-,33-31-,36-35-,41-32-,48-46-. The zero-order chi connectivity index (χ0) is 72.3. The van der Waals surface area contributed by atoms with Crippen LogP contribution in [0, 0.1) is 0 Å². The van der Waals surface area contributed by atoms with Crippen molar-refractivity contribution in [1.29, 1.82) is 0 Å². The number of hydrogen-bond acceptors (Lipinski definition) is 14. The van der Waals surface area contributed by atoms with Crippen LogP contribution in [-0.2, 0) is 55.8 Å². The molecule has 0 aromatic heterocycles. The van der Waals surface area contributed by atoms with E-state index in [2.05, 4.69) is 130 Å². The monoisotopic (exact) mass is 1430 g/mol. The Morgan fingerprint density at radius 2 is 0.535 bits per heavy atom. The van der Waals surface area contributed by atoms with Crippen LogP contribution < -0.4 is 0 Å². The fraction of sp³-hybridized carbons (Fsp3) is 0.741. The van der Waals surface area contributed by atoms with Gasteiger partial charge in [-0.1, -0.05) is 310 Å². The molecule has 4 N–H and O–H groups in total. The van der Waals surface area contributed by atoms with Gasteiger partial charge in [-0.3, -0.25) is 32.5 Å². The van der Waals surface area contributed by atoms with E-state index in [4.69, 9.17) is 32.3 Å². The van der Waals surface area contributed by atoms with Crippen LogP contribution >= 0.6 is 15.6 Å². The minimum atomic E-state index is -4.93. The Hall–Kier alpha value is -3.79. The van der Waals surface area contributed by atoms with Crippen LogP contribution in [0.2, 0.25) is 0 Å². The Kier molecular flexibility index (Phi) is 71.1. The smallest absolute Gasteiger partial charge is 0.463 e. The summed E-state index contributed by atoms with van der Waals surface area (Å²) < 4.78 is 61.1. The summed E-state index contributed by atoms with van der Waals surface area (Å²) in [5.74, 6) is -1.59. The van der Waals surface area contributed by atoms with E-state index in [1.165, 1.54) is 135 Å². The zero-order valence-electron chi connectivity index (χ0n) is 62.4. The predicted octanol–water partition coefficient (Wildman–Crippen LogP) is 22.8. The average molecular weight is 1430 g/mol. The van der Waals surface area contributed by atoms with Gasteiger partial charge in [-0.05, 0) is 109 Å². The fourth-order valence-electron chi connectivity index (χ4n) is 10.5. The second kappa shape index (κ2) is 73.9. The molecule has 0 aliphatic heterocycles. The number of ether oxygens (including phenoxy) is 3. The summed E-state index contributed by atoms with van der Waals surface area (Å²) in [5.41, 5.74) is 0. The van der Waals surface area contributed by atoms with Gasteiger partial charge in [0.2, 0.25) is 0 Å². The van der Waals surface area contributed by atoms with E-state index >= 15 is 0 Å². The lowest BCUT2D eigenvalue weighted by Gasteiger charge is -2.21. The lowest BCUT2D eigenvalue weighted by atomic mass is 10.0. The van der Waals surface area contributed by atoms with Crippen LogP contribution in [0.3, 0.4) is 0 Å². The van der Waals surface area contributed by atoms with Crippen molar-refractivity contribution in [1.82, 2.24) is 0 Å². The van der Waals surface area contributed by atoms with E-state index in [1.54, 1.807) is 0 Å². The molecule has 0 heterocycles. The van der Waals surface area contributed by atoms with Crippen molar-refractivity contribution < 1.29 is 75.8 Å². The van der Waals surface area contributed by atoms with Crippen molar-refractivity contribution in [3.63, 3.8) is 0 Å². The minimum Gasteiger partial charge on any atom is -0.463 e. The Morgan fingerprint density at radius 3 is 0.869 bits per heavy atom. The quantitative estimate of drug-likeness (QED) is 0.0146. The Bertz CT molecular complexity index is 2240. The van der Waals surface area contributed by atoms with Crippen molar-refractivity contribution in [3.05, 3.63) is 109 Å². The molecule has 0 fully saturated rings. The Morgan fingerprint density at radius 1 is 0.293 bits per heavy atom. The molecule has 0 radical (unpaired) electrons. The lowest BCUT2D eigenvalue weighted by Crippen LogP contribution is -2.30. The molecule has 0 saturated carbocycles. The molecule has 5 unspecified atom stereocenters. The van der Waals surface area contributed by atoms with Gasteiger partial charge < -0.3 is 34.2 Å². The first-order valence-electron chi connectivity index (χ1n) is 39.2. The first-order valence-corrected chi connectivity index (χ1v) is 42.2. The van der Waals surface area contributed by atoms with E-state index < -0.39 is 91.5 Å². The van der Waals surface area contributed by atoms with Gasteiger partial charge >= 0.3 is 33.6 Å². The molecule has 0 spiro atoms. The number of allylic oxidation sites excluding steroid dienone is 18. The van der Waals surface area contributed by atoms with Gasteiger partial charge in [0.05, 0.1) is 26.4 Å². The normalized spacial score (nSPS) is 14.6. The highest BCUT2D eigenvalue weighted by Crippen LogP contribution is 2.45. The maximum Gasteiger partial charge on any atom is 0.472 e. The fourth-order valence-corrected chi connectivity index (χ4v) is 12.1. The number of carbonyl (C=O) groups excluding carboxylic acids is 3. The highest BCUT2D eigenvalue weighted by molar-refractivity contribution is 7.47. The molecule has 0 amide bonds. The second-order valence-electron chi connectivity index (χ2n) is 26.1. The van der Waals surface area contributed by atoms with Crippen LogP contribution in [-0.4, -0.2) is 95.9 Å². The molecule has 99 heavy (non-hydrogen) atoms. The summed E-state index contributed by atoms with van der Waals surface area (Å²) in [4.78, 5) is 58.6. The maximum atomic E-state index is 12.9. The van der Waals surface area contributed by atoms with E-state index in [0.29, 0.717) is 19.3 Å². The molecule has 0 bridgehead atoms. The van der Waals surface area contributed by atoms with E-state index in [0.717, 1.165) is 135 Å². The highest BCUT2D eigenvalue weighted by Gasteiger charge is 2.29. The molecule has 0 aromatic carbocycles. The van der Waals surface area contributed by atoms with Crippen LogP contribution in [0.4, 0.5) is 0 Å². The van der Waals surface area contributed by atoms with Crippen molar-refractivity contribution in [2.75, 3.05) is 39.6 Å². The van der Waals surface area contributed by atoms with Crippen LogP contribution in [0.1, 0.15) is 329 Å². The SMILES string of the molecule is CC/C=C\C/C=C\C/C=C\C/C=C\C/C=C\CCCCCCCCCCCCCCCC(=O)OCC(O)COP(=O)(O)OCC(O)COP(=O)(O)OCC(COC(=O)CCCCCCC/C=C\C/C=C\C/C=C\C/C=C\CCCCC)OC(=O)CCCCCCCCCCCCCCC. The van der Waals surface area contributed by atoms with Gasteiger partial charge in [-0.15, -0.1) is 0 Å². The summed E-state index contributed by atoms with van der Waals surface area (Å²) in [7, 11) is -9.78. The summed E-state index contributed by atoms with van der Waals surface area (Å²) >= 11 is 0. The molecule has 18 heteroatoms. The summed E-state index contributed by atoms with van der Waals surface area (Å²) in [6.07, 6.45) is 85.7. The second-order valence-corrected chi connectivity index (χ2v) is 29.0. The molecule has 0 saturated heterocycles. The number of carbonyl (C=O) groups is 3. The Balaban J connectivity index is 4.49. The molecule has 0 aliphatic rings. The zero-order valence-corrected chi connectivity index (χ0v) is 64.2. The third-order valence-corrected chi connectivity index (χ3v) is 18.4. The van der Waals surface area contributed by atoms with Crippen LogP contribution in [0.15, 0.2) is 109 Å². The van der Waals surface area contributed by atoms with Gasteiger partial charge in [0, 0.05) is 19.3 Å².